The highest BCUT2D eigenvalue weighted by Gasteiger charge is 2.38. The average molecular weight is 389 g/mol. The zero-order chi connectivity index (χ0) is 19.4. The number of fused-ring (bicyclic) bond motifs is 1. The van der Waals surface area contributed by atoms with Gasteiger partial charge in [0.2, 0.25) is 0 Å². The van der Waals surface area contributed by atoms with Crippen LogP contribution in [0.4, 0.5) is 5.69 Å². The molecule has 3 rings (SSSR count). The van der Waals surface area contributed by atoms with Crippen LogP contribution in [0.15, 0.2) is 42.5 Å². The number of benzene rings is 2. The Labute approximate surface area is 162 Å². The highest BCUT2D eigenvalue weighted by molar-refractivity contribution is 6.40. The number of amides is 2. The van der Waals surface area contributed by atoms with Gasteiger partial charge >= 0.3 is 11.8 Å². The van der Waals surface area contributed by atoms with Crippen molar-refractivity contribution in [2.24, 2.45) is 0 Å². The summed E-state index contributed by atoms with van der Waals surface area (Å²) in [5.41, 5.74) is 2.18. The SMILES string of the molecule is COc1ccc(Cl)cc1NC(=O)C(=O)NCC1(OC)Cc2ccccc2C1. The maximum Gasteiger partial charge on any atom is 0.313 e. The normalized spacial score (nSPS) is 14.3. The molecule has 0 saturated heterocycles. The summed E-state index contributed by atoms with van der Waals surface area (Å²) in [6, 6.07) is 12.8. The van der Waals surface area contributed by atoms with Crippen molar-refractivity contribution in [2.75, 3.05) is 26.1 Å². The van der Waals surface area contributed by atoms with Gasteiger partial charge in [-0.05, 0) is 29.3 Å². The van der Waals surface area contributed by atoms with Crippen molar-refractivity contribution in [3.8, 4) is 5.75 Å². The first-order valence-corrected chi connectivity index (χ1v) is 8.89. The fourth-order valence-corrected chi connectivity index (χ4v) is 3.45. The molecule has 0 bridgehead atoms. The topological polar surface area (TPSA) is 76.7 Å². The number of carbonyl (C=O) groups is 2. The molecule has 0 fully saturated rings. The van der Waals surface area contributed by atoms with Crippen LogP contribution in [0.25, 0.3) is 0 Å². The van der Waals surface area contributed by atoms with Gasteiger partial charge in [0, 0.05) is 31.5 Å². The molecule has 0 spiro atoms. The predicted molar refractivity (Wildman–Crippen MR) is 103 cm³/mol. The number of carbonyl (C=O) groups excluding carboxylic acids is 2. The van der Waals surface area contributed by atoms with Crippen LogP contribution in [0.5, 0.6) is 5.75 Å². The number of ether oxygens (including phenoxy) is 2. The Balaban J connectivity index is 1.62. The van der Waals surface area contributed by atoms with Gasteiger partial charge in [-0.15, -0.1) is 0 Å². The standard InChI is InChI=1S/C20H21ClN2O4/c1-26-17-8-7-15(21)9-16(17)23-19(25)18(24)22-12-20(27-2)10-13-5-3-4-6-14(13)11-20/h3-9H,10-12H2,1-2H3,(H,22,24)(H,23,25). The lowest BCUT2D eigenvalue weighted by Crippen LogP contribution is -2.48. The van der Waals surface area contributed by atoms with Crippen LogP contribution in [-0.4, -0.2) is 38.2 Å². The second kappa shape index (κ2) is 7.98. The Bertz CT molecular complexity index is 844. The summed E-state index contributed by atoms with van der Waals surface area (Å²) >= 11 is 5.94. The summed E-state index contributed by atoms with van der Waals surface area (Å²) < 4.78 is 10.9. The Morgan fingerprint density at radius 3 is 2.33 bits per heavy atom. The van der Waals surface area contributed by atoms with E-state index in [1.807, 2.05) is 12.1 Å². The molecular formula is C20H21ClN2O4. The Kier molecular flexibility index (Phi) is 5.68. The Morgan fingerprint density at radius 2 is 1.74 bits per heavy atom. The zero-order valence-electron chi connectivity index (χ0n) is 15.2. The molecule has 2 aromatic rings. The van der Waals surface area contributed by atoms with Crippen LogP contribution in [0.2, 0.25) is 5.02 Å². The van der Waals surface area contributed by atoms with E-state index in [-0.39, 0.29) is 6.54 Å². The molecule has 2 aromatic carbocycles. The summed E-state index contributed by atoms with van der Waals surface area (Å²) in [5, 5.41) is 5.62. The molecule has 2 amide bonds. The summed E-state index contributed by atoms with van der Waals surface area (Å²) in [4.78, 5) is 24.5. The Hall–Kier alpha value is -2.57. The fraction of sp³-hybridized carbons (Fsp3) is 0.300. The number of methoxy groups -OCH3 is 2. The summed E-state index contributed by atoms with van der Waals surface area (Å²) in [6.07, 6.45) is 1.37. The second-order valence-corrected chi connectivity index (χ2v) is 6.93. The van der Waals surface area contributed by atoms with Gasteiger partial charge in [-0.25, -0.2) is 0 Å². The van der Waals surface area contributed by atoms with Crippen LogP contribution < -0.4 is 15.4 Å². The van der Waals surface area contributed by atoms with Crippen LogP contribution in [0, 0.1) is 0 Å². The van der Waals surface area contributed by atoms with E-state index in [9.17, 15) is 9.59 Å². The molecule has 1 aliphatic carbocycles. The van der Waals surface area contributed by atoms with Crippen molar-refractivity contribution in [3.05, 3.63) is 58.6 Å². The smallest absolute Gasteiger partial charge is 0.313 e. The lowest BCUT2D eigenvalue weighted by atomic mass is 10.00. The molecule has 0 heterocycles. The van der Waals surface area contributed by atoms with Crippen molar-refractivity contribution < 1.29 is 19.1 Å². The molecule has 0 radical (unpaired) electrons. The van der Waals surface area contributed by atoms with E-state index in [4.69, 9.17) is 21.1 Å². The number of anilines is 1. The quantitative estimate of drug-likeness (QED) is 0.772. The zero-order valence-corrected chi connectivity index (χ0v) is 15.9. The third-order valence-electron chi connectivity index (χ3n) is 4.76. The van der Waals surface area contributed by atoms with Crippen LogP contribution in [0.1, 0.15) is 11.1 Å². The van der Waals surface area contributed by atoms with Gasteiger partial charge in [-0.1, -0.05) is 35.9 Å². The first-order valence-electron chi connectivity index (χ1n) is 8.51. The molecule has 0 saturated carbocycles. The maximum atomic E-state index is 12.3. The summed E-state index contributed by atoms with van der Waals surface area (Å²) in [5.74, 6) is -1.12. The van der Waals surface area contributed by atoms with Crippen molar-refractivity contribution in [3.63, 3.8) is 0 Å². The van der Waals surface area contributed by atoms with Crippen molar-refractivity contribution in [2.45, 2.75) is 18.4 Å². The summed E-state index contributed by atoms with van der Waals surface area (Å²) in [6.45, 7) is 0.233. The van der Waals surface area contributed by atoms with E-state index < -0.39 is 17.4 Å². The highest BCUT2D eigenvalue weighted by atomic mass is 35.5. The minimum absolute atomic E-state index is 0.233. The van der Waals surface area contributed by atoms with E-state index in [1.54, 1.807) is 19.2 Å². The van der Waals surface area contributed by atoms with Crippen LogP contribution in [0.3, 0.4) is 0 Å². The number of rotatable bonds is 5. The van der Waals surface area contributed by atoms with E-state index in [2.05, 4.69) is 22.8 Å². The largest absolute Gasteiger partial charge is 0.495 e. The Morgan fingerprint density at radius 1 is 1.07 bits per heavy atom. The second-order valence-electron chi connectivity index (χ2n) is 6.49. The van der Waals surface area contributed by atoms with Gasteiger partial charge in [0.1, 0.15) is 5.75 Å². The van der Waals surface area contributed by atoms with Gasteiger partial charge in [-0.3, -0.25) is 9.59 Å². The minimum atomic E-state index is -0.794. The van der Waals surface area contributed by atoms with Crippen LogP contribution in [-0.2, 0) is 27.2 Å². The van der Waals surface area contributed by atoms with E-state index >= 15 is 0 Å². The number of nitrogens with one attached hydrogen (secondary N) is 2. The molecule has 0 aliphatic heterocycles. The molecule has 0 unspecified atom stereocenters. The molecule has 2 N–H and O–H groups in total. The highest BCUT2D eigenvalue weighted by Crippen LogP contribution is 2.32. The monoisotopic (exact) mass is 388 g/mol. The molecule has 0 aromatic heterocycles. The van der Waals surface area contributed by atoms with Crippen molar-refractivity contribution in [1.29, 1.82) is 0 Å². The third-order valence-corrected chi connectivity index (χ3v) is 5.00. The molecule has 1 aliphatic rings. The average Bonchev–Trinajstić information content (AvgIpc) is 3.05. The molecule has 6 nitrogen and oxygen atoms in total. The molecular weight excluding hydrogens is 368 g/mol. The van der Waals surface area contributed by atoms with Gasteiger partial charge in [0.15, 0.2) is 0 Å². The van der Waals surface area contributed by atoms with E-state index in [0.29, 0.717) is 29.3 Å². The molecule has 0 atom stereocenters. The van der Waals surface area contributed by atoms with Gasteiger partial charge in [0.25, 0.3) is 0 Å². The van der Waals surface area contributed by atoms with Crippen molar-refractivity contribution in [1.82, 2.24) is 5.32 Å². The third kappa shape index (κ3) is 4.23. The van der Waals surface area contributed by atoms with Crippen molar-refractivity contribution >= 4 is 29.1 Å². The first-order chi connectivity index (χ1) is 13.0. The summed E-state index contributed by atoms with van der Waals surface area (Å²) in [7, 11) is 3.09. The first kappa shape index (κ1) is 19.2. The molecule has 7 heteroatoms. The van der Waals surface area contributed by atoms with E-state index in [1.165, 1.54) is 24.3 Å². The van der Waals surface area contributed by atoms with Gasteiger partial charge in [-0.2, -0.15) is 0 Å². The minimum Gasteiger partial charge on any atom is -0.495 e. The molecule has 27 heavy (non-hydrogen) atoms. The maximum absolute atomic E-state index is 12.3. The molecule has 142 valence electrons. The lowest BCUT2D eigenvalue weighted by Gasteiger charge is -2.27. The number of hydrogen-bond donors (Lipinski definition) is 2. The van der Waals surface area contributed by atoms with E-state index in [0.717, 1.165) is 0 Å². The predicted octanol–water partition coefficient (Wildman–Crippen LogP) is 2.59. The van der Waals surface area contributed by atoms with Crippen LogP contribution >= 0.6 is 11.6 Å². The fourth-order valence-electron chi connectivity index (χ4n) is 3.28. The van der Waals surface area contributed by atoms with Gasteiger partial charge in [0.05, 0.1) is 18.4 Å². The van der Waals surface area contributed by atoms with Gasteiger partial charge < -0.3 is 20.1 Å². The number of hydrogen-bond acceptors (Lipinski definition) is 4. The lowest BCUT2D eigenvalue weighted by molar-refractivity contribution is -0.137. The number of halogens is 1.